The van der Waals surface area contributed by atoms with Crippen LogP contribution in [0.4, 0.5) is 0 Å². The van der Waals surface area contributed by atoms with Crippen molar-refractivity contribution in [3.63, 3.8) is 0 Å². The highest BCUT2D eigenvalue weighted by atomic mass is 32.2. The molecule has 0 spiro atoms. The zero-order valence-electron chi connectivity index (χ0n) is 27.8. The molecular weight excluding hydrogens is 584 g/mol. The third kappa shape index (κ3) is 6.11. The van der Waals surface area contributed by atoms with Gasteiger partial charge in [0.05, 0.1) is 22.9 Å². The molecule has 7 heteroatoms. The molecule has 1 aromatic rings. The summed E-state index contributed by atoms with van der Waals surface area (Å²) in [6.45, 7) is 8.82. The van der Waals surface area contributed by atoms with Gasteiger partial charge in [-0.1, -0.05) is 50.6 Å². The van der Waals surface area contributed by atoms with Crippen LogP contribution in [0, 0.1) is 40.4 Å². The fourth-order valence-corrected chi connectivity index (χ4v) is 12.8. The molecule has 0 amide bonds. The van der Waals surface area contributed by atoms with E-state index in [0.717, 1.165) is 64.6 Å². The second-order valence-corrected chi connectivity index (χ2v) is 17.9. The van der Waals surface area contributed by atoms with Crippen molar-refractivity contribution in [1.29, 1.82) is 0 Å². The monoisotopic (exact) mass is 640 g/mol. The fourth-order valence-electron chi connectivity index (χ4n) is 11.2. The van der Waals surface area contributed by atoms with Gasteiger partial charge < -0.3 is 18.9 Å². The molecule has 3 saturated carbocycles. The lowest BCUT2D eigenvalue weighted by atomic mass is 9.46. The Balaban J connectivity index is 1.11. The van der Waals surface area contributed by atoms with Crippen LogP contribution in [0.5, 0.6) is 0 Å². The van der Waals surface area contributed by atoms with Crippen molar-refractivity contribution in [2.45, 2.75) is 134 Å². The topological polar surface area (TPSA) is 71.1 Å². The van der Waals surface area contributed by atoms with E-state index in [1.807, 2.05) is 18.2 Å². The number of hydrogen-bond acceptors (Lipinski definition) is 6. The minimum absolute atomic E-state index is 0.0291. The first kappa shape index (κ1) is 32.3. The van der Waals surface area contributed by atoms with E-state index in [1.54, 1.807) is 12.1 Å². The highest BCUT2D eigenvalue weighted by molar-refractivity contribution is 7.91. The third-order valence-corrected chi connectivity index (χ3v) is 15.4. The summed E-state index contributed by atoms with van der Waals surface area (Å²) < 4.78 is 52.6. The molecule has 5 fully saturated rings. The summed E-state index contributed by atoms with van der Waals surface area (Å²) in [5.74, 6) is 2.61. The Hall–Kier alpha value is -1.25. The Morgan fingerprint density at radius 1 is 0.889 bits per heavy atom. The maximum atomic E-state index is 13.4. The fraction of sp³-hybridized carbons (Fsp3) is 0.789. The number of benzene rings is 1. The van der Waals surface area contributed by atoms with E-state index in [2.05, 4.69) is 26.8 Å². The summed E-state index contributed by atoms with van der Waals surface area (Å²) in [7, 11) is -3.31. The van der Waals surface area contributed by atoms with Gasteiger partial charge in [0.1, 0.15) is 0 Å². The van der Waals surface area contributed by atoms with Gasteiger partial charge in [0.25, 0.3) is 0 Å². The van der Waals surface area contributed by atoms with Crippen LogP contribution in [-0.2, 0) is 28.8 Å². The SMILES string of the molecule is C[C@H](CS(=O)(=O)c1ccccc1)[C@H]1CC[C@H]2[C@@H]3CC=C4C[C@@H](OC5CCCCO5)C[C@H](OC5CCCCO5)[C@]4(C)[C@H]3CC[C@]12C. The summed E-state index contributed by atoms with van der Waals surface area (Å²) in [5.41, 5.74) is 1.69. The van der Waals surface area contributed by atoms with E-state index in [-0.39, 0.29) is 47.3 Å². The van der Waals surface area contributed by atoms with Crippen molar-refractivity contribution in [3.8, 4) is 0 Å². The Morgan fingerprint density at radius 2 is 1.60 bits per heavy atom. The first-order valence-electron chi connectivity index (χ1n) is 18.2. The van der Waals surface area contributed by atoms with Crippen molar-refractivity contribution in [2.75, 3.05) is 19.0 Å². The standard InChI is InChI=1S/C38H56O6S/c1-26(25-45(39,40)29-11-5-4-6-12-29)31-17-18-32-30-16-15-27-23-28(43-35-13-7-9-21-41-35)24-34(44-36-14-8-10-22-42-36)38(27,3)33(30)19-20-37(31,32)2/h4-6,11-12,15,26,28,30-36H,7-10,13-14,16-25H2,1-3H3/t26-,28-,30+,31-,32+,33+,34+,35?,36?,37-,38+/m1/s1. The largest absolute Gasteiger partial charge is 0.353 e. The molecule has 4 aliphatic carbocycles. The quantitative estimate of drug-likeness (QED) is 0.268. The summed E-state index contributed by atoms with van der Waals surface area (Å²) in [6, 6.07) is 9.04. The second-order valence-electron chi connectivity index (χ2n) is 15.8. The molecule has 2 unspecified atom stereocenters. The van der Waals surface area contributed by atoms with Gasteiger partial charge in [0.2, 0.25) is 0 Å². The van der Waals surface area contributed by atoms with E-state index in [0.29, 0.717) is 28.6 Å². The predicted molar refractivity (Wildman–Crippen MR) is 175 cm³/mol. The second kappa shape index (κ2) is 13.0. The molecule has 2 heterocycles. The molecule has 0 N–H and O–H groups in total. The van der Waals surface area contributed by atoms with Crippen LogP contribution in [-0.4, -0.2) is 52.2 Å². The molecule has 1 aromatic carbocycles. The Morgan fingerprint density at radius 3 is 2.29 bits per heavy atom. The van der Waals surface area contributed by atoms with Gasteiger partial charge in [-0.15, -0.1) is 0 Å². The predicted octanol–water partition coefficient (Wildman–Crippen LogP) is 8.11. The number of hydrogen-bond donors (Lipinski definition) is 0. The third-order valence-electron chi connectivity index (χ3n) is 13.4. The van der Waals surface area contributed by atoms with Crippen molar-refractivity contribution < 1.29 is 27.4 Å². The molecule has 6 aliphatic rings. The molecule has 45 heavy (non-hydrogen) atoms. The summed E-state index contributed by atoms with van der Waals surface area (Å²) in [5, 5.41) is 0. The van der Waals surface area contributed by atoms with Crippen LogP contribution in [0.3, 0.4) is 0 Å². The van der Waals surface area contributed by atoms with E-state index < -0.39 is 9.84 Å². The van der Waals surface area contributed by atoms with E-state index in [1.165, 1.54) is 37.7 Å². The lowest BCUT2D eigenvalue weighted by Gasteiger charge is -2.60. The van der Waals surface area contributed by atoms with Crippen molar-refractivity contribution in [2.24, 2.45) is 40.4 Å². The van der Waals surface area contributed by atoms with Gasteiger partial charge >= 0.3 is 0 Å². The molecule has 0 bridgehead atoms. The lowest BCUT2D eigenvalue weighted by Crippen LogP contribution is -2.57. The minimum Gasteiger partial charge on any atom is -0.353 e. The highest BCUT2D eigenvalue weighted by Gasteiger charge is 2.62. The van der Waals surface area contributed by atoms with Gasteiger partial charge in [-0.25, -0.2) is 8.42 Å². The molecule has 0 aromatic heterocycles. The van der Waals surface area contributed by atoms with Gasteiger partial charge in [-0.3, -0.25) is 0 Å². The minimum atomic E-state index is -3.31. The van der Waals surface area contributed by atoms with Gasteiger partial charge in [-0.2, -0.15) is 0 Å². The smallest absolute Gasteiger partial charge is 0.178 e. The Labute approximate surface area is 271 Å². The molecule has 11 atom stereocenters. The van der Waals surface area contributed by atoms with Crippen molar-refractivity contribution in [1.82, 2.24) is 0 Å². The van der Waals surface area contributed by atoms with Crippen LogP contribution >= 0.6 is 0 Å². The van der Waals surface area contributed by atoms with Gasteiger partial charge in [0.15, 0.2) is 22.4 Å². The zero-order valence-corrected chi connectivity index (χ0v) is 28.6. The first-order chi connectivity index (χ1) is 21.7. The number of rotatable bonds is 8. The molecule has 7 rings (SSSR count). The average molecular weight is 641 g/mol. The normalized spacial score (nSPS) is 42.6. The van der Waals surface area contributed by atoms with Crippen LogP contribution in [0.25, 0.3) is 0 Å². The Kier molecular flexibility index (Phi) is 9.32. The highest BCUT2D eigenvalue weighted by Crippen LogP contribution is 2.67. The van der Waals surface area contributed by atoms with Crippen LogP contribution in [0.1, 0.15) is 104 Å². The zero-order chi connectivity index (χ0) is 31.2. The maximum Gasteiger partial charge on any atom is 0.178 e. The lowest BCUT2D eigenvalue weighted by molar-refractivity contribution is -0.248. The summed E-state index contributed by atoms with van der Waals surface area (Å²) in [6.07, 6.45) is 16.8. The summed E-state index contributed by atoms with van der Waals surface area (Å²) >= 11 is 0. The van der Waals surface area contributed by atoms with Crippen molar-refractivity contribution >= 4 is 9.84 Å². The number of fused-ring (bicyclic) bond motifs is 5. The van der Waals surface area contributed by atoms with Crippen LogP contribution < -0.4 is 0 Å². The van der Waals surface area contributed by atoms with Crippen LogP contribution in [0.2, 0.25) is 0 Å². The van der Waals surface area contributed by atoms with Crippen molar-refractivity contribution in [3.05, 3.63) is 42.0 Å². The van der Waals surface area contributed by atoms with E-state index in [9.17, 15) is 8.42 Å². The Bertz CT molecular complexity index is 1300. The van der Waals surface area contributed by atoms with E-state index in [4.69, 9.17) is 18.9 Å². The number of sulfone groups is 1. The van der Waals surface area contributed by atoms with Gasteiger partial charge in [0, 0.05) is 25.0 Å². The molecular formula is C38H56O6S. The molecule has 0 radical (unpaired) electrons. The average Bonchev–Trinajstić information content (AvgIpc) is 3.40. The molecule has 2 aliphatic heterocycles. The van der Waals surface area contributed by atoms with Gasteiger partial charge in [-0.05, 0) is 124 Å². The van der Waals surface area contributed by atoms with Crippen LogP contribution in [0.15, 0.2) is 46.9 Å². The first-order valence-corrected chi connectivity index (χ1v) is 19.8. The maximum absolute atomic E-state index is 13.4. The molecule has 250 valence electrons. The molecule has 6 nitrogen and oxygen atoms in total. The molecule has 2 saturated heterocycles. The summed E-state index contributed by atoms with van der Waals surface area (Å²) in [4.78, 5) is 0.459. The number of ether oxygens (including phenoxy) is 4. The number of allylic oxidation sites excluding steroid dienone is 1. The van der Waals surface area contributed by atoms with E-state index >= 15 is 0 Å².